The van der Waals surface area contributed by atoms with Gasteiger partial charge in [0, 0.05) is 10.6 Å². The van der Waals surface area contributed by atoms with Gasteiger partial charge in [0.05, 0.1) is 28.8 Å². The summed E-state index contributed by atoms with van der Waals surface area (Å²) in [5.41, 5.74) is 0.884. The summed E-state index contributed by atoms with van der Waals surface area (Å²) < 4.78 is 6.37. The molecule has 0 amide bonds. The molecule has 96 valence electrons. The van der Waals surface area contributed by atoms with E-state index in [2.05, 4.69) is 25.7 Å². The normalized spacial score (nSPS) is 10.8. The summed E-state index contributed by atoms with van der Waals surface area (Å²) in [6.45, 7) is 0. The third kappa shape index (κ3) is 3.17. The van der Waals surface area contributed by atoms with Gasteiger partial charge in [0.1, 0.15) is 0 Å². The van der Waals surface area contributed by atoms with E-state index >= 15 is 0 Å². The van der Waals surface area contributed by atoms with Gasteiger partial charge in [-0.3, -0.25) is 4.79 Å². The second-order valence-electron chi connectivity index (χ2n) is 3.37. The Bertz CT molecular complexity index is 588. The summed E-state index contributed by atoms with van der Waals surface area (Å²) in [5, 5.41) is 0.700. The van der Waals surface area contributed by atoms with Crippen LogP contribution in [0.1, 0.15) is 6.42 Å². The highest BCUT2D eigenvalue weighted by Gasteiger charge is 2.11. The Labute approximate surface area is 126 Å². The van der Waals surface area contributed by atoms with Gasteiger partial charge in [-0.25, -0.2) is 4.98 Å². The summed E-state index contributed by atoms with van der Waals surface area (Å²) in [4.78, 5) is 16.3. The number of carbonyl (C=O) groups excluding carboxylic acids is 1. The first kappa shape index (κ1) is 14.1. The minimum absolute atomic E-state index is 0.208. The number of methoxy groups -OCH3 is 1. The molecule has 0 radical (unpaired) electrons. The van der Waals surface area contributed by atoms with Crippen LogP contribution in [0, 0.1) is 0 Å². The molecule has 0 aliphatic heterocycles. The summed E-state index contributed by atoms with van der Waals surface area (Å²) >= 11 is 12.7. The van der Waals surface area contributed by atoms with Crippen molar-refractivity contribution in [2.45, 2.75) is 11.3 Å². The molecular weight excluding hydrogens is 358 g/mol. The molecule has 2 aromatic rings. The summed E-state index contributed by atoms with van der Waals surface area (Å²) in [6, 6.07) is 3.86. The number of benzene rings is 1. The van der Waals surface area contributed by atoms with Crippen LogP contribution in [-0.2, 0) is 9.53 Å². The fourth-order valence-electron chi connectivity index (χ4n) is 1.37. The van der Waals surface area contributed by atoms with Crippen LogP contribution in [0.4, 0.5) is 0 Å². The van der Waals surface area contributed by atoms with Gasteiger partial charge in [-0.2, -0.15) is 0 Å². The van der Waals surface area contributed by atoms with Crippen molar-refractivity contribution in [3.8, 4) is 0 Å². The van der Waals surface area contributed by atoms with Crippen LogP contribution in [0.2, 0.25) is 5.02 Å². The SMILES string of the molecule is COC(=O)CCSc1ccc2nc(Br)sc2c1Cl. The van der Waals surface area contributed by atoms with E-state index in [0.29, 0.717) is 17.2 Å². The maximum Gasteiger partial charge on any atom is 0.306 e. The molecule has 0 aliphatic rings. The summed E-state index contributed by atoms with van der Waals surface area (Å²) in [6.07, 6.45) is 0.377. The van der Waals surface area contributed by atoms with Crippen molar-refractivity contribution in [3.05, 3.63) is 21.1 Å². The molecule has 0 bridgehead atoms. The molecular formula is C11H9BrClNO2S2. The van der Waals surface area contributed by atoms with Crippen molar-refractivity contribution in [2.24, 2.45) is 0 Å². The van der Waals surface area contributed by atoms with E-state index in [1.54, 1.807) is 11.8 Å². The molecule has 18 heavy (non-hydrogen) atoms. The number of ether oxygens (including phenoxy) is 1. The topological polar surface area (TPSA) is 39.2 Å². The predicted molar refractivity (Wildman–Crippen MR) is 79.7 cm³/mol. The van der Waals surface area contributed by atoms with Gasteiger partial charge in [0.15, 0.2) is 3.92 Å². The van der Waals surface area contributed by atoms with Gasteiger partial charge in [0.25, 0.3) is 0 Å². The smallest absolute Gasteiger partial charge is 0.306 e. The number of thioether (sulfide) groups is 1. The Morgan fingerprint density at radius 2 is 2.39 bits per heavy atom. The number of esters is 1. The Morgan fingerprint density at radius 3 is 3.11 bits per heavy atom. The monoisotopic (exact) mass is 365 g/mol. The highest BCUT2D eigenvalue weighted by Crippen LogP contribution is 2.38. The maximum absolute atomic E-state index is 11.0. The van der Waals surface area contributed by atoms with Gasteiger partial charge in [-0.1, -0.05) is 11.6 Å². The maximum atomic E-state index is 11.0. The fraction of sp³-hybridized carbons (Fsp3) is 0.273. The Kier molecular flexibility index (Phi) is 4.89. The summed E-state index contributed by atoms with van der Waals surface area (Å²) in [7, 11) is 1.39. The third-order valence-corrected chi connectivity index (χ3v) is 5.44. The second kappa shape index (κ2) is 6.23. The lowest BCUT2D eigenvalue weighted by Crippen LogP contribution is -2.00. The molecule has 0 aliphatic carbocycles. The molecule has 0 fully saturated rings. The summed E-state index contributed by atoms with van der Waals surface area (Å²) in [5.74, 6) is 0.443. The lowest BCUT2D eigenvalue weighted by Gasteiger charge is -2.03. The fourth-order valence-corrected chi connectivity index (χ4v) is 4.16. The van der Waals surface area contributed by atoms with Crippen LogP contribution >= 0.6 is 50.6 Å². The lowest BCUT2D eigenvalue weighted by molar-refractivity contribution is -0.140. The molecule has 0 saturated carbocycles. The molecule has 1 heterocycles. The van der Waals surface area contributed by atoms with E-state index in [-0.39, 0.29) is 5.97 Å². The number of fused-ring (bicyclic) bond motifs is 1. The van der Waals surface area contributed by atoms with Gasteiger partial charge in [-0.05, 0) is 28.1 Å². The highest BCUT2D eigenvalue weighted by atomic mass is 79.9. The molecule has 1 aromatic carbocycles. The average Bonchev–Trinajstić information content (AvgIpc) is 2.73. The van der Waals surface area contributed by atoms with Crippen LogP contribution in [0.5, 0.6) is 0 Å². The third-order valence-electron chi connectivity index (χ3n) is 2.23. The first-order chi connectivity index (χ1) is 8.61. The van der Waals surface area contributed by atoms with Crippen LogP contribution in [0.25, 0.3) is 10.2 Å². The Morgan fingerprint density at radius 1 is 1.61 bits per heavy atom. The van der Waals surface area contributed by atoms with E-state index < -0.39 is 0 Å². The van der Waals surface area contributed by atoms with Gasteiger partial charge < -0.3 is 4.74 Å². The van der Waals surface area contributed by atoms with Crippen molar-refractivity contribution >= 4 is 66.8 Å². The molecule has 0 unspecified atom stereocenters. The second-order valence-corrected chi connectivity index (χ2v) is 7.16. The lowest BCUT2D eigenvalue weighted by atomic mass is 10.3. The van der Waals surface area contributed by atoms with E-state index in [1.807, 2.05) is 12.1 Å². The van der Waals surface area contributed by atoms with Crippen molar-refractivity contribution < 1.29 is 9.53 Å². The first-order valence-electron chi connectivity index (χ1n) is 5.06. The van der Waals surface area contributed by atoms with Gasteiger partial charge in [0.2, 0.25) is 0 Å². The molecule has 1 aromatic heterocycles. The van der Waals surface area contributed by atoms with Crippen LogP contribution in [0.3, 0.4) is 0 Å². The van der Waals surface area contributed by atoms with Crippen LogP contribution in [0.15, 0.2) is 20.9 Å². The van der Waals surface area contributed by atoms with Gasteiger partial charge in [-0.15, -0.1) is 23.1 Å². The van der Waals surface area contributed by atoms with E-state index in [0.717, 1.165) is 19.0 Å². The molecule has 7 heteroatoms. The number of nitrogens with zero attached hydrogens (tertiary/aromatic N) is 1. The van der Waals surface area contributed by atoms with Crippen molar-refractivity contribution in [1.82, 2.24) is 4.98 Å². The van der Waals surface area contributed by atoms with E-state index in [4.69, 9.17) is 11.6 Å². The van der Waals surface area contributed by atoms with E-state index in [9.17, 15) is 4.79 Å². The zero-order valence-corrected chi connectivity index (χ0v) is 13.4. The zero-order chi connectivity index (χ0) is 13.1. The number of hydrogen-bond acceptors (Lipinski definition) is 5. The number of halogens is 2. The number of hydrogen-bond donors (Lipinski definition) is 0. The number of rotatable bonds is 4. The molecule has 0 spiro atoms. The predicted octanol–water partition coefficient (Wildman–Crippen LogP) is 4.37. The number of thiazole rings is 1. The van der Waals surface area contributed by atoms with Gasteiger partial charge >= 0.3 is 5.97 Å². The first-order valence-corrected chi connectivity index (χ1v) is 8.03. The highest BCUT2D eigenvalue weighted by molar-refractivity contribution is 9.11. The average molecular weight is 367 g/mol. The molecule has 0 atom stereocenters. The molecule has 3 nitrogen and oxygen atoms in total. The van der Waals surface area contributed by atoms with Crippen molar-refractivity contribution in [2.75, 3.05) is 12.9 Å². The van der Waals surface area contributed by atoms with Crippen molar-refractivity contribution in [1.29, 1.82) is 0 Å². The minimum Gasteiger partial charge on any atom is -0.469 e. The standard InChI is InChI=1S/C11H9BrClNO2S2/c1-16-8(15)4-5-17-7-3-2-6-10(9(7)13)18-11(12)14-6/h2-3H,4-5H2,1H3. The zero-order valence-electron chi connectivity index (χ0n) is 9.41. The molecule has 2 rings (SSSR count). The van der Waals surface area contributed by atoms with Crippen molar-refractivity contribution in [3.63, 3.8) is 0 Å². The van der Waals surface area contributed by atoms with Crippen LogP contribution in [-0.4, -0.2) is 23.8 Å². The van der Waals surface area contributed by atoms with Crippen LogP contribution < -0.4 is 0 Å². The Hall–Kier alpha value is -0.300. The van der Waals surface area contributed by atoms with E-state index in [1.165, 1.54) is 18.4 Å². The molecule has 0 N–H and O–H groups in total. The quantitative estimate of drug-likeness (QED) is 0.595. The number of aromatic nitrogens is 1. The Balaban J connectivity index is 2.13. The minimum atomic E-state index is -0.208. The molecule has 0 saturated heterocycles. The number of carbonyl (C=O) groups is 1. The largest absolute Gasteiger partial charge is 0.469 e.